The summed E-state index contributed by atoms with van der Waals surface area (Å²) in [7, 11) is 3.93. The lowest BCUT2D eigenvalue weighted by Gasteiger charge is -2.21. The minimum atomic E-state index is -0.505. The summed E-state index contributed by atoms with van der Waals surface area (Å²) in [5, 5.41) is 11.7. The molecule has 31 heavy (non-hydrogen) atoms. The average Bonchev–Trinajstić information content (AvgIpc) is 3.16. The van der Waals surface area contributed by atoms with Crippen molar-refractivity contribution in [2.75, 3.05) is 45.3 Å². The minimum absolute atomic E-state index is 0.120. The molecule has 9 nitrogen and oxygen atoms in total. The molecule has 1 amide bonds. The number of hydrogen-bond acceptors (Lipinski definition) is 8. The van der Waals surface area contributed by atoms with Crippen molar-refractivity contribution in [2.45, 2.75) is 6.42 Å². The molecule has 3 aromatic rings. The van der Waals surface area contributed by atoms with Crippen molar-refractivity contribution < 1.29 is 19.2 Å². The molecule has 0 atom stereocenters. The molecule has 0 radical (unpaired) electrons. The van der Waals surface area contributed by atoms with Crippen LogP contribution in [0.2, 0.25) is 0 Å². The van der Waals surface area contributed by atoms with Gasteiger partial charge in [-0.05, 0) is 33.1 Å². The van der Waals surface area contributed by atoms with Crippen molar-refractivity contribution in [3.8, 4) is 11.5 Å². The monoisotopic (exact) mass is 442 g/mol. The van der Waals surface area contributed by atoms with Gasteiger partial charge in [-0.2, -0.15) is 0 Å². The van der Waals surface area contributed by atoms with Crippen LogP contribution in [0, 0.1) is 10.1 Å². The summed E-state index contributed by atoms with van der Waals surface area (Å²) in [6.07, 6.45) is 0.728. The van der Waals surface area contributed by atoms with E-state index in [0.717, 1.165) is 17.7 Å². The Morgan fingerprint density at radius 1 is 1.16 bits per heavy atom. The molecule has 1 aliphatic rings. The number of nitrogens with zero attached hydrogens (tertiary/aromatic N) is 4. The Labute approximate surface area is 183 Å². The van der Waals surface area contributed by atoms with E-state index in [0.29, 0.717) is 41.9 Å². The Kier molecular flexibility index (Phi) is 6.01. The number of carbonyl (C=O) groups is 1. The smallest absolute Gasteiger partial charge is 0.270 e. The Balaban J connectivity index is 1.69. The molecule has 162 valence electrons. The van der Waals surface area contributed by atoms with Gasteiger partial charge in [0.15, 0.2) is 16.6 Å². The summed E-state index contributed by atoms with van der Waals surface area (Å²) in [4.78, 5) is 32.3. The number of anilines is 1. The molecule has 0 saturated heterocycles. The average molecular weight is 442 g/mol. The molecular weight excluding hydrogens is 420 g/mol. The lowest BCUT2D eigenvalue weighted by atomic mass is 10.1. The minimum Gasteiger partial charge on any atom is -0.486 e. The highest BCUT2D eigenvalue weighted by Crippen LogP contribution is 2.39. The van der Waals surface area contributed by atoms with Crippen LogP contribution in [-0.4, -0.2) is 61.1 Å². The Morgan fingerprint density at radius 3 is 2.61 bits per heavy atom. The highest BCUT2D eigenvalue weighted by Gasteiger charge is 2.24. The van der Waals surface area contributed by atoms with Gasteiger partial charge in [0.1, 0.15) is 13.2 Å². The first-order valence-corrected chi connectivity index (χ1v) is 10.7. The van der Waals surface area contributed by atoms with Gasteiger partial charge in [-0.15, -0.1) is 0 Å². The van der Waals surface area contributed by atoms with E-state index in [1.165, 1.54) is 29.5 Å². The number of amides is 1. The van der Waals surface area contributed by atoms with Crippen LogP contribution in [0.3, 0.4) is 0 Å². The van der Waals surface area contributed by atoms with Crippen LogP contribution in [0.5, 0.6) is 11.5 Å². The van der Waals surface area contributed by atoms with Gasteiger partial charge in [-0.3, -0.25) is 19.8 Å². The SMILES string of the molecule is CN(C)CCCN(C(=O)c1cccc([N+](=O)[O-])c1)c1nc2cc3c(cc2s1)OCCO3. The number of aromatic nitrogens is 1. The Hall–Kier alpha value is -3.24. The number of fused-ring (bicyclic) bond motifs is 2. The number of benzene rings is 2. The maximum Gasteiger partial charge on any atom is 0.270 e. The lowest BCUT2D eigenvalue weighted by Crippen LogP contribution is -2.33. The number of non-ortho nitro benzene ring substituents is 1. The quantitative estimate of drug-likeness (QED) is 0.407. The summed E-state index contributed by atoms with van der Waals surface area (Å²) in [6.45, 7) is 2.20. The molecule has 0 saturated carbocycles. The van der Waals surface area contributed by atoms with Crippen molar-refractivity contribution >= 4 is 38.3 Å². The topological polar surface area (TPSA) is 98.0 Å². The van der Waals surface area contributed by atoms with Gasteiger partial charge in [-0.1, -0.05) is 17.4 Å². The molecule has 0 N–H and O–H groups in total. The highest BCUT2D eigenvalue weighted by molar-refractivity contribution is 7.22. The molecule has 0 spiro atoms. The third kappa shape index (κ3) is 4.59. The Morgan fingerprint density at radius 2 is 1.90 bits per heavy atom. The molecular formula is C21H22N4O5S. The summed E-state index contributed by atoms with van der Waals surface area (Å²) < 4.78 is 12.2. The molecule has 4 rings (SSSR count). The maximum atomic E-state index is 13.3. The highest BCUT2D eigenvalue weighted by atomic mass is 32.1. The fraction of sp³-hybridized carbons (Fsp3) is 0.333. The lowest BCUT2D eigenvalue weighted by molar-refractivity contribution is -0.384. The third-order valence-corrected chi connectivity index (χ3v) is 5.85. The zero-order valence-electron chi connectivity index (χ0n) is 17.2. The summed E-state index contributed by atoms with van der Waals surface area (Å²) in [5.41, 5.74) is 0.850. The normalized spacial score (nSPS) is 12.9. The van der Waals surface area contributed by atoms with E-state index in [-0.39, 0.29) is 17.2 Å². The molecule has 0 aliphatic carbocycles. The van der Waals surface area contributed by atoms with Crippen molar-refractivity contribution in [3.63, 3.8) is 0 Å². The van der Waals surface area contributed by atoms with Gasteiger partial charge in [0.05, 0.1) is 15.1 Å². The number of thiazole rings is 1. The Bertz CT molecular complexity index is 1090. The van der Waals surface area contributed by atoms with Crippen LogP contribution in [0.15, 0.2) is 36.4 Å². The van der Waals surface area contributed by atoms with E-state index >= 15 is 0 Å². The number of nitro benzene ring substituents is 1. The van der Waals surface area contributed by atoms with Gasteiger partial charge in [-0.25, -0.2) is 4.98 Å². The maximum absolute atomic E-state index is 13.3. The van der Waals surface area contributed by atoms with Crippen molar-refractivity contribution in [1.29, 1.82) is 0 Å². The van der Waals surface area contributed by atoms with E-state index in [1.807, 2.05) is 31.1 Å². The summed E-state index contributed by atoms with van der Waals surface area (Å²) >= 11 is 1.38. The molecule has 0 bridgehead atoms. The second-order valence-electron chi connectivity index (χ2n) is 7.38. The van der Waals surface area contributed by atoms with E-state index < -0.39 is 4.92 Å². The van der Waals surface area contributed by atoms with E-state index in [9.17, 15) is 14.9 Å². The predicted octanol–water partition coefficient (Wildman–Crippen LogP) is 3.57. The van der Waals surface area contributed by atoms with E-state index in [1.54, 1.807) is 11.0 Å². The molecule has 2 heterocycles. The van der Waals surface area contributed by atoms with Crippen molar-refractivity contribution in [3.05, 3.63) is 52.1 Å². The van der Waals surface area contributed by atoms with Crippen LogP contribution in [0.1, 0.15) is 16.8 Å². The first kappa shape index (κ1) is 21.0. The molecule has 1 aromatic heterocycles. The fourth-order valence-electron chi connectivity index (χ4n) is 3.31. The van der Waals surface area contributed by atoms with Crippen LogP contribution >= 0.6 is 11.3 Å². The van der Waals surface area contributed by atoms with Crippen molar-refractivity contribution in [2.24, 2.45) is 0 Å². The molecule has 10 heteroatoms. The molecule has 2 aromatic carbocycles. The molecule has 0 fully saturated rings. The van der Waals surface area contributed by atoms with Crippen LogP contribution in [0.25, 0.3) is 10.2 Å². The second-order valence-corrected chi connectivity index (χ2v) is 8.39. The van der Waals surface area contributed by atoms with Crippen molar-refractivity contribution in [1.82, 2.24) is 9.88 Å². The first-order chi connectivity index (χ1) is 14.9. The van der Waals surface area contributed by atoms with Crippen LogP contribution in [0.4, 0.5) is 10.8 Å². The third-order valence-electron chi connectivity index (χ3n) is 4.81. The van der Waals surface area contributed by atoms with E-state index in [2.05, 4.69) is 4.98 Å². The largest absolute Gasteiger partial charge is 0.486 e. The van der Waals surface area contributed by atoms with Gasteiger partial charge < -0.3 is 14.4 Å². The standard InChI is InChI=1S/C21H22N4O5S/c1-23(2)7-4-8-24(20(26)14-5-3-6-15(11-14)25(27)28)21-22-16-12-17-18(13-19(16)31-21)30-10-9-29-17/h3,5-6,11-13H,4,7-10H2,1-2H3. The summed E-state index contributed by atoms with van der Waals surface area (Å²) in [5.74, 6) is 0.983. The molecule has 1 aliphatic heterocycles. The first-order valence-electron chi connectivity index (χ1n) is 9.83. The van der Waals surface area contributed by atoms with E-state index in [4.69, 9.17) is 9.47 Å². The number of carbonyl (C=O) groups excluding carboxylic acids is 1. The number of rotatable bonds is 7. The van der Waals surface area contributed by atoms with Crippen LogP contribution in [-0.2, 0) is 0 Å². The number of nitro groups is 1. The van der Waals surface area contributed by atoms with Gasteiger partial charge in [0.2, 0.25) is 0 Å². The number of hydrogen-bond donors (Lipinski definition) is 0. The fourth-order valence-corrected chi connectivity index (χ4v) is 4.31. The van der Waals surface area contributed by atoms with Gasteiger partial charge in [0.25, 0.3) is 11.6 Å². The number of ether oxygens (including phenoxy) is 2. The molecule has 0 unspecified atom stereocenters. The zero-order chi connectivity index (χ0) is 22.0. The predicted molar refractivity (Wildman–Crippen MR) is 119 cm³/mol. The zero-order valence-corrected chi connectivity index (χ0v) is 18.1. The van der Waals surface area contributed by atoms with Gasteiger partial charge in [0, 0.05) is 36.4 Å². The van der Waals surface area contributed by atoms with Crippen LogP contribution < -0.4 is 14.4 Å². The summed E-state index contributed by atoms with van der Waals surface area (Å²) in [6, 6.07) is 9.47. The van der Waals surface area contributed by atoms with Gasteiger partial charge >= 0.3 is 0 Å². The second kappa shape index (κ2) is 8.86.